The van der Waals surface area contributed by atoms with Gasteiger partial charge in [0.1, 0.15) is 5.69 Å². The summed E-state index contributed by atoms with van der Waals surface area (Å²) in [5.41, 5.74) is 0.00886. The third kappa shape index (κ3) is 3.97. The summed E-state index contributed by atoms with van der Waals surface area (Å²) in [4.78, 5) is 0. The van der Waals surface area contributed by atoms with E-state index >= 15 is 0 Å². The Bertz CT molecular complexity index is 567. The first-order chi connectivity index (χ1) is 9.15. The number of aromatic nitrogens is 2. The van der Waals surface area contributed by atoms with Crippen LogP contribution in [0.5, 0.6) is 0 Å². The molecule has 1 fully saturated rings. The van der Waals surface area contributed by atoms with E-state index in [2.05, 4.69) is 10.2 Å². The highest BCUT2D eigenvalue weighted by Crippen LogP contribution is 2.33. The standard InChI is InChI=1S/C11H16F2N2O4S/c1-11(12,13)10-5-8(14-15-10)9-4-7(2-3-19-9)6-20(16,17)18/h5,7,9H,2-4,6H2,1H3,(H,14,15)(H,16,17,18). The molecule has 0 amide bonds. The minimum Gasteiger partial charge on any atom is -0.372 e. The Morgan fingerprint density at radius 3 is 2.85 bits per heavy atom. The molecule has 0 bridgehead atoms. The van der Waals surface area contributed by atoms with Crippen molar-refractivity contribution in [1.29, 1.82) is 0 Å². The molecule has 114 valence electrons. The van der Waals surface area contributed by atoms with Crippen LogP contribution in [0.3, 0.4) is 0 Å². The van der Waals surface area contributed by atoms with Crippen molar-refractivity contribution in [2.75, 3.05) is 12.4 Å². The lowest BCUT2D eigenvalue weighted by Crippen LogP contribution is -2.25. The molecule has 0 spiro atoms. The summed E-state index contributed by atoms with van der Waals surface area (Å²) < 4.78 is 62.2. The number of nitrogens with zero attached hydrogens (tertiary/aromatic N) is 1. The summed E-state index contributed by atoms with van der Waals surface area (Å²) in [7, 11) is -4.05. The third-order valence-electron chi connectivity index (χ3n) is 3.23. The van der Waals surface area contributed by atoms with E-state index < -0.39 is 22.1 Å². The largest absolute Gasteiger partial charge is 0.372 e. The van der Waals surface area contributed by atoms with E-state index in [1.54, 1.807) is 0 Å². The first kappa shape index (κ1) is 15.3. The zero-order valence-electron chi connectivity index (χ0n) is 10.8. The van der Waals surface area contributed by atoms with Crippen LogP contribution in [-0.2, 0) is 20.8 Å². The van der Waals surface area contributed by atoms with Crippen LogP contribution in [0.15, 0.2) is 6.07 Å². The maximum Gasteiger partial charge on any atom is 0.288 e. The van der Waals surface area contributed by atoms with E-state index in [0.29, 0.717) is 25.1 Å². The molecule has 2 heterocycles. The summed E-state index contributed by atoms with van der Waals surface area (Å²) in [5.74, 6) is -3.66. The van der Waals surface area contributed by atoms with E-state index in [-0.39, 0.29) is 17.4 Å². The first-order valence-corrected chi connectivity index (χ1v) is 7.76. The summed E-state index contributed by atoms with van der Waals surface area (Å²) in [6.07, 6.45) is 0.317. The van der Waals surface area contributed by atoms with Gasteiger partial charge in [0.15, 0.2) is 0 Å². The van der Waals surface area contributed by atoms with Gasteiger partial charge in [0.2, 0.25) is 0 Å². The van der Waals surface area contributed by atoms with Gasteiger partial charge in [0.05, 0.1) is 17.6 Å². The predicted octanol–water partition coefficient (Wildman–Crippen LogP) is 1.88. The van der Waals surface area contributed by atoms with Crippen LogP contribution in [0.4, 0.5) is 8.78 Å². The number of hydrogen-bond acceptors (Lipinski definition) is 4. The molecular formula is C11H16F2N2O4S. The molecular weight excluding hydrogens is 294 g/mol. The van der Waals surface area contributed by atoms with Gasteiger partial charge in [0, 0.05) is 13.5 Å². The van der Waals surface area contributed by atoms with Gasteiger partial charge >= 0.3 is 0 Å². The number of hydrogen-bond donors (Lipinski definition) is 2. The molecule has 1 aromatic heterocycles. The van der Waals surface area contributed by atoms with Crippen LogP contribution in [0.2, 0.25) is 0 Å². The Balaban J connectivity index is 2.07. The summed E-state index contributed by atoms with van der Waals surface area (Å²) in [6.45, 7) is 1.05. The maximum atomic E-state index is 13.1. The quantitative estimate of drug-likeness (QED) is 0.828. The van der Waals surface area contributed by atoms with E-state index in [1.807, 2.05) is 0 Å². The smallest absolute Gasteiger partial charge is 0.288 e. The van der Waals surface area contributed by atoms with Gasteiger partial charge < -0.3 is 4.74 Å². The van der Waals surface area contributed by atoms with Gasteiger partial charge in [-0.1, -0.05) is 0 Å². The van der Waals surface area contributed by atoms with Crippen LogP contribution < -0.4 is 0 Å². The highest BCUT2D eigenvalue weighted by Gasteiger charge is 2.32. The Labute approximate surface area is 115 Å². The third-order valence-corrected chi connectivity index (χ3v) is 4.13. The lowest BCUT2D eigenvalue weighted by Gasteiger charge is -2.28. The molecule has 2 rings (SSSR count). The van der Waals surface area contributed by atoms with Crippen molar-refractivity contribution in [3.05, 3.63) is 17.5 Å². The number of halogens is 2. The van der Waals surface area contributed by atoms with Gasteiger partial charge in [-0.2, -0.15) is 22.3 Å². The van der Waals surface area contributed by atoms with Gasteiger partial charge in [-0.15, -0.1) is 0 Å². The van der Waals surface area contributed by atoms with E-state index in [1.165, 1.54) is 6.07 Å². The average molecular weight is 310 g/mol. The van der Waals surface area contributed by atoms with Crippen molar-refractivity contribution < 1.29 is 26.5 Å². The van der Waals surface area contributed by atoms with E-state index in [0.717, 1.165) is 6.92 Å². The molecule has 6 nitrogen and oxygen atoms in total. The van der Waals surface area contributed by atoms with Crippen LogP contribution in [0, 0.1) is 5.92 Å². The van der Waals surface area contributed by atoms with Crippen molar-refractivity contribution in [2.45, 2.75) is 31.8 Å². The molecule has 1 aliphatic heterocycles. The molecule has 2 atom stereocenters. The number of ether oxygens (including phenoxy) is 1. The van der Waals surface area contributed by atoms with Crippen molar-refractivity contribution in [3.8, 4) is 0 Å². The lowest BCUT2D eigenvalue weighted by atomic mass is 9.95. The fraction of sp³-hybridized carbons (Fsp3) is 0.727. The molecule has 0 radical (unpaired) electrons. The van der Waals surface area contributed by atoms with Gasteiger partial charge in [-0.3, -0.25) is 9.65 Å². The minimum atomic E-state index is -4.05. The van der Waals surface area contributed by atoms with E-state index in [4.69, 9.17) is 9.29 Å². The normalized spacial score (nSPS) is 24.8. The highest BCUT2D eigenvalue weighted by atomic mass is 32.2. The minimum absolute atomic E-state index is 0.266. The molecule has 9 heteroatoms. The molecule has 0 aromatic carbocycles. The second kappa shape index (κ2) is 5.38. The SMILES string of the molecule is CC(F)(F)c1cc(C2CC(CS(=O)(=O)O)CCO2)[nH]n1. The molecule has 0 aliphatic carbocycles. The van der Waals surface area contributed by atoms with Crippen LogP contribution in [0.25, 0.3) is 0 Å². The summed E-state index contributed by atoms with van der Waals surface area (Å²) in [5, 5.41) is 6.04. The summed E-state index contributed by atoms with van der Waals surface area (Å²) >= 11 is 0. The number of alkyl halides is 2. The Kier molecular flexibility index (Phi) is 4.12. The van der Waals surface area contributed by atoms with Crippen LogP contribution in [0.1, 0.15) is 37.3 Å². The number of H-pyrrole nitrogens is 1. The van der Waals surface area contributed by atoms with Crippen molar-refractivity contribution in [3.63, 3.8) is 0 Å². The topological polar surface area (TPSA) is 92.3 Å². The monoisotopic (exact) mass is 310 g/mol. The Morgan fingerprint density at radius 1 is 1.60 bits per heavy atom. The zero-order valence-corrected chi connectivity index (χ0v) is 11.7. The summed E-state index contributed by atoms with van der Waals surface area (Å²) in [6, 6.07) is 1.22. The number of nitrogens with one attached hydrogen (secondary N) is 1. The second-order valence-electron chi connectivity index (χ2n) is 5.10. The fourth-order valence-electron chi connectivity index (χ4n) is 2.26. The maximum absolute atomic E-state index is 13.1. The predicted molar refractivity (Wildman–Crippen MR) is 66.0 cm³/mol. The molecule has 1 aliphatic rings. The zero-order chi connectivity index (χ0) is 15.0. The van der Waals surface area contributed by atoms with Crippen LogP contribution >= 0.6 is 0 Å². The van der Waals surface area contributed by atoms with Gasteiger partial charge in [-0.05, 0) is 24.8 Å². The average Bonchev–Trinajstić information content (AvgIpc) is 2.75. The molecule has 1 aromatic rings. The first-order valence-electron chi connectivity index (χ1n) is 6.15. The van der Waals surface area contributed by atoms with Crippen molar-refractivity contribution >= 4 is 10.1 Å². The van der Waals surface area contributed by atoms with E-state index in [9.17, 15) is 17.2 Å². The van der Waals surface area contributed by atoms with Crippen molar-refractivity contribution in [2.24, 2.45) is 5.92 Å². The molecule has 2 unspecified atom stereocenters. The highest BCUT2D eigenvalue weighted by molar-refractivity contribution is 7.85. The molecule has 1 saturated heterocycles. The molecule has 20 heavy (non-hydrogen) atoms. The van der Waals surface area contributed by atoms with Crippen molar-refractivity contribution in [1.82, 2.24) is 10.2 Å². The van der Waals surface area contributed by atoms with Gasteiger partial charge in [0.25, 0.3) is 16.0 Å². The Morgan fingerprint density at radius 2 is 2.30 bits per heavy atom. The van der Waals surface area contributed by atoms with Crippen LogP contribution in [-0.4, -0.2) is 35.5 Å². The second-order valence-corrected chi connectivity index (χ2v) is 6.59. The fourth-order valence-corrected chi connectivity index (χ4v) is 3.16. The van der Waals surface area contributed by atoms with Gasteiger partial charge in [-0.25, -0.2) is 0 Å². The number of aromatic amines is 1. The number of rotatable bonds is 4. The Hall–Kier alpha value is -1.06. The molecule has 2 N–H and O–H groups in total. The lowest BCUT2D eigenvalue weighted by molar-refractivity contribution is -0.00846. The molecule has 0 saturated carbocycles.